The molecule has 0 saturated carbocycles. The van der Waals surface area contributed by atoms with Gasteiger partial charge in [-0.3, -0.25) is 0 Å². The Kier molecular flexibility index (Phi) is 7.17. The van der Waals surface area contributed by atoms with Crippen LogP contribution in [0.3, 0.4) is 0 Å². The molecule has 0 unspecified atom stereocenters. The van der Waals surface area contributed by atoms with Crippen molar-refractivity contribution < 1.29 is 0 Å². The van der Waals surface area contributed by atoms with Gasteiger partial charge in [0.2, 0.25) is 0 Å². The highest BCUT2D eigenvalue weighted by Gasteiger charge is 2.23. The normalized spacial score (nSPS) is 11.6. The van der Waals surface area contributed by atoms with E-state index in [1.807, 2.05) is 0 Å². The number of benzene rings is 9. The van der Waals surface area contributed by atoms with Crippen LogP contribution in [0, 0.1) is 0 Å². The lowest BCUT2D eigenvalue weighted by Gasteiger charge is -2.30. The molecule has 9 aromatic carbocycles. The van der Waals surface area contributed by atoms with Crippen LogP contribution in [0.2, 0.25) is 0 Å². The summed E-state index contributed by atoms with van der Waals surface area (Å²) < 4.78 is 4.81. The Balaban J connectivity index is 1.24. The van der Waals surface area contributed by atoms with Crippen molar-refractivity contribution in [3.63, 3.8) is 0 Å². The Morgan fingerprint density at radius 3 is 1.51 bits per heavy atom. The molecule has 3 nitrogen and oxygen atoms in total. The summed E-state index contributed by atoms with van der Waals surface area (Å²) in [7, 11) is 0. The van der Waals surface area contributed by atoms with Gasteiger partial charge in [-0.2, -0.15) is 0 Å². The van der Waals surface area contributed by atoms with Crippen LogP contribution in [0.5, 0.6) is 0 Å². The number of hydrogen-bond acceptors (Lipinski definition) is 1. The number of nitrogens with zero attached hydrogens (tertiary/aromatic N) is 3. The summed E-state index contributed by atoms with van der Waals surface area (Å²) in [5.41, 5.74) is 12.7. The van der Waals surface area contributed by atoms with Gasteiger partial charge in [-0.1, -0.05) is 146 Å². The minimum absolute atomic E-state index is 1.09. The molecule has 3 heteroatoms. The van der Waals surface area contributed by atoms with Crippen LogP contribution in [0.25, 0.3) is 76.9 Å². The van der Waals surface area contributed by atoms with Crippen LogP contribution in [0.1, 0.15) is 0 Å². The molecule has 0 N–H and O–H groups in total. The number of fused-ring (bicyclic) bond motifs is 7. The van der Waals surface area contributed by atoms with Gasteiger partial charge in [-0.15, -0.1) is 0 Å². The van der Waals surface area contributed by atoms with E-state index in [-0.39, 0.29) is 0 Å². The predicted octanol–water partition coefficient (Wildman–Crippen LogP) is 14.2. The van der Waals surface area contributed by atoms with Crippen molar-refractivity contribution in [1.29, 1.82) is 0 Å². The number of anilines is 3. The lowest BCUT2D eigenvalue weighted by molar-refractivity contribution is 1.17. The lowest BCUT2D eigenvalue weighted by Crippen LogP contribution is -2.12. The highest BCUT2D eigenvalue weighted by atomic mass is 15.2. The summed E-state index contributed by atoms with van der Waals surface area (Å²) in [6.07, 6.45) is 0. The van der Waals surface area contributed by atoms with Gasteiger partial charge in [0.1, 0.15) is 0 Å². The first kappa shape index (κ1) is 31.2. The lowest BCUT2D eigenvalue weighted by atomic mass is 10.00. The van der Waals surface area contributed by atoms with Crippen molar-refractivity contribution in [2.45, 2.75) is 0 Å². The van der Waals surface area contributed by atoms with E-state index in [1.54, 1.807) is 0 Å². The SMILES string of the molecule is c1ccc(-c2ccccc2N(c2ccc3c(c2)c2ccccc2n3-c2ccccc2)c2cc(-n3c4ccccc4c4ccccc43)cc3ccccc23)cc1. The third-order valence-corrected chi connectivity index (χ3v) is 11.1. The fourth-order valence-corrected chi connectivity index (χ4v) is 8.68. The maximum atomic E-state index is 2.48. The topological polar surface area (TPSA) is 13.1 Å². The standard InChI is InChI=1S/C52H35N3/c1-3-17-36(18-4-1)41-22-9-13-27-47(41)54(39-31-32-51-46(34-39)45-26-12-16-30-50(45)53(51)38-20-5-2-6-21-38)52-35-40(33-37-19-7-8-23-42(37)52)55-48-28-14-10-24-43(48)44-25-11-15-29-49(44)55/h1-35H. The second kappa shape index (κ2) is 12.6. The average molecular weight is 702 g/mol. The number of rotatable bonds is 6. The molecule has 0 aliphatic carbocycles. The van der Waals surface area contributed by atoms with E-state index in [1.165, 1.54) is 65.5 Å². The first-order chi connectivity index (χ1) is 27.3. The maximum Gasteiger partial charge on any atom is 0.0561 e. The quantitative estimate of drug-likeness (QED) is 0.168. The van der Waals surface area contributed by atoms with Crippen LogP contribution >= 0.6 is 0 Å². The van der Waals surface area contributed by atoms with E-state index >= 15 is 0 Å². The third kappa shape index (κ3) is 4.98. The smallest absolute Gasteiger partial charge is 0.0561 e. The summed E-state index contributed by atoms with van der Waals surface area (Å²) in [5, 5.41) is 7.30. The van der Waals surface area contributed by atoms with E-state index in [0.29, 0.717) is 0 Å². The van der Waals surface area contributed by atoms with Crippen LogP contribution < -0.4 is 4.90 Å². The van der Waals surface area contributed by atoms with E-state index in [9.17, 15) is 0 Å². The molecule has 0 fully saturated rings. The van der Waals surface area contributed by atoms with Crippen molar-refractivity contribution in [2.24, 2.45) is 0 Å². The third-order valence-electron chi connectivity index (χ3n) is 11.1. The second-order valence-corrected chi connectivity index (χ2v) is 14.2. The molecule has 0 radical (unpaired) electrons. The van der Waals surface area contributed by atoms with Gasteiger partial charge in [-0.05, 0) is 77.7 Å². The fourth-order valence-electron chi connectivity index (χ4n) is 8.68. The predicted molar refractivity (Wildman–Crippen MR) is 233 cm³/mol. The molecular weight excluding hydrogens is 667 g/mol. The molecular formula is C52H35N3. The van der Waals surface area contributed by atoms with Crippen LogP contribution in [-0.4, -0.2) is 9.13 Å². The van der Waals surface area contributed by atoms with E-state index in [0.717, 1.165) is 28.4 Å². The summed E-state index contributed by atoms with van der Waals surface area (Å²) in [6.45, 7) is 0. The van der Waals surface area contributed by atoms with Gasteiger partial charge in [-0.25, -0.2) is 0 Å². The van der Waals surface area contributed by atoms with Crippen molar-refractivity contribution in [3.05, 3.63) is 212 Å². The molecule has 258 valence electrons. The zero-order valence-electron chi connectivity index (χ0n) is 30.0. The number of aromatic nitrogens is 2. The first-order valence-corrected chi connectivity index (χ1v) is 18.9. The molecule has 2 aromatic heterocycles. The molecule has 0 spiro atoms. The van der Waals surface area contributed by atoms with E-state index in [4.69, 9.17) is 0 Å². The molecule has 11 rings (SSSR count). The van der Waals surface area contributed by atoms with Gasteiger partial charge >= 0.3 is 0 Å². The molecule has 0 aliphatic rings. The Morgan fingerprint density at radius 2 is 0.818 bits per heavy atom. The van der Waals surface area contributed by atoms with Gasteiger partial charge in [0, 0.05) is 49.6 Å². The Labute approximate surface area is 319 Å². The Morgan fingerprint density at radius 1 is 0.309 bits per heavy atom. The van der Waals surface area contributed by atoms with Crippen LogP contribution in [0.15, 0.2) is 212 Å². The molecule has 2 heterocycles. The zero-order chi connectivity index (χ0) is 36.3. The summed E-state index contributed by atoms with van der Waals surface area (Å²) in [4.78, 5) is 2.48. The van der Waals surface area contributed by atoms with Crippen molar-refractivity contribution in [2.75, 3.05) is 4.90 Å². The van der Waals surface area contributed by atoms with Crippen LogP contribution in [0.4, 0.5) is 17.1 Å². The zero-order valence-corrected chi connectivity index (χ0v) is 30.0. The summed E-state index contributed by atoms with van der Waals surface area (Å²) >= 11 is 0. The largest absolute Gasteiger partial charge is 0.309 e. The van der Waals surface area contributed by atoms with Crippen molar-refractivity contribution in [1.82, 2.24) is 9.13 Å². The second-order valence-electron chi connectivity index (χ2n) is 14.2. The monoisotopic (exact) mass is 701 g/mol. The molecule has 55 heavy (non-hydrogen) atoms. The van der Waals surface area contributed by atoms with Gasteiger partial charge in [0.05, 0.1) is 33.4 Å². The molecule has 0 bridgehead atoms. The fraction of sp³-hybridized carbons (Fsp3) is 0. The number of para-hydroxylation sites is 5. The highest BCUT2D eigenvalue weighted by Crippen LogP contribution is 2.46. The maximum absolute atomic E-state index is 2.48. The average Bonchev–Trinajstić information content (AvgIpc) is 3.77. The van der Waals surface area contributed by atoms with Crippen molar-refractivity contribution >= 4 is 71.4 Å². The summed E-state index contributed by atoms with van der Waals surface area (Å²) in [5.74, 6) is 0. The van der Waals surface area contributed by atoms with Crippen molar-refractivity contribution in [3.8, 4) is 22.5 Å². The molecule has 0 saturated heterocycles. The highest BCUT2D eigenvalue weighted by molar-refractivity contribution is 6.13. The Bertz CT molecular complexity index is 3150. The molecule has 11 aromatic rings. The van der Waals surface area contributed by atoms with E-state index in [2.05, 4.69) is 226 Å². The van der Waals surface area contributed by atoms with Gasteiger partial charge < -0.3 is 14.0 Å². The Hall–Kier alpha value is -7.36. The minimum atomic E-state index is 1.09. The van der Waals surface area contributed by atoms with Gasteiger partial charge in [0.25, 0.3) is 0 Å². The minimum Gasteiger partial charge on any atom is -0.309 e. The van der Waals surface area contributed by atoms with E-state index < -0.39 is 0 Å². The van der Waals surface area contributed by atoms with Crippen LogP contribution in [-0.2, 0) is 0 Å². The summed E-state index contributed by atoms with van der Waals surface area (Å²) in [6, 6.07) is 77.1. The molecule has 0 aliphatic heterocycles. The van der Waals surface area contributed by atoms with Gasteiger partial charge in [0.15, 0.2) is 0 Å². The first-order valence-electron chi connectivity index (χ1n) is 18.9. The number of hydrogen-bond donors (Lipinski definition) is 0. The molecule has 0 atom stereocenters. The molecule has 0 amide bonds.